The summed E-state index contributed by atoms with van der Waals surface area (Å²) in [6, 6.07) is 8.57. The van der Waals surface area contributed by atoms with Crippen molar-refractivity contribution in [3.8, 4) is 0 Å². The van der Waals surface area contributed by atoms with Crippen LogP contribution in [0.2, 0.25) is 0 Å². The molecule has 1 aliphatic heterocycles. The van der Waals surface area contributed by atoms with E-state index < -0.39 is 0 Å². The number of hydrogen-bond donors (Lipinski definition) is 0. The first-order valence-electron chi connectivity index (χ1n) is 9.39. The molecule has 2 aromatic rings. The number of rotatable bonds is 5. The second kappa shape index (κ2) is 8.48. The molecular formula is C21H28N4O2. The van der Waals surface area contributed by atoms with Crippen LogP contribution in [0.15, 0.2) is 24.3 Å². The Morgan fingerprint density at radius 2 is 1.85 bits per heavy atom. The molecule has 6 heteroatoms. The summed E-state index contributed by atoms with van der Waals surface area (Å²) in [6.45, 7) is 9.16. The van der Waals surface area contributed by atoms with Gasteiger partial charge in [0.05, 0.1) is 0 Å². The van der Waals surface area contributed by atoms with E-state index in [0.717, 1.165) is 36.8 Å². The Morgan fingerprint density at radius 1 is 1.11 bits per heavy atom. The standard InChI is InChI=1S/C21H28N4O2/c1-15-6-5-7-18(12-15)13-19-16(2)22-17(3)23-21(19)25-10-8-24(9-11-25)20(26)14-27-4/h5-7,12H,8-11,13-14H2,1-4H3. The van der Waals surface area contributed by atoms with Crippen molar-refractivity contribution in [3.63, 3.8) is 0 Å². The van der Waals surface area contributed by atoms with Crippen molar-refractivity contribution in [2.45, 2.75) is 27.2 Å². The maximum Gasteiger partial charge on any atom is 0.248 e. The molecule has 0 bridgehead atoms. The van der Waals surface area contributed by atoms with Crippen molar-refractivity contribution in [1.82, 2.24) is 14.9 Å². The number of anilines is 1. The molecule has 0 unspecified atom stereocenters. The largest absolute Gasteiger partial charge is 0.375 e. The number of piperazine rings is 1. The van der Waals surface area contributed by atoms with Gasteiger partial charge in [-0.2, -0.15) is 0 Å². The lowest BCUT2D eigenvalue weighted by Crippen LogP contribution is -2.50. The van der Waals surface area contributed by atoms with E-state index in [4.69, 9.17) is 9.72 Å². The molecule has 1 aromatic heterocycles. The zero-order valence-corrected chi connectivity index (χ0v) is 16.7. The highest BCUT2D eigenvalue weighted by Gasteiger charge is 2.24. The Kier molecular flexibility index (Phi) is 6.06. The number of carbonyl (C=O) groups is 1. The first-order valence-corrected chi connectivity index (χ1v) is 9.39. The summed E-state index contributed by atoms with van der Waals surface area (Å²) in [5, 5.41) is 0. The van der Waals surface area contributed by atoms with Crippen molar-refractivity contribution in [2.75, 3.05) is 44.8 Å². The average Bonchev–Trinajstić information content (AvgIpc) is 2.64. The Hall–Kier alpha value is -2.47. The minimum atomic E-state index is 0.0483. The van der Waals surface area contributed by atoms with Crippen LogP contribution in [-0.4, -0.2) is 60.7 Å². The van der Waals surface area contributed by atoms with Gasteiger partial charge in [0.15, 0.2) is 0 Å². The number of methoxy groups -OCH3 is 1. The highest BCUT2D eigenvalue weighted by Crippen LogP contribution is 2.25. The number of carbonyl (C=O) groups excluding carboxylic acids is 1. The van der Waals surface area contributed by atoms with E-state index in [9.17, 15) is 4.79 Å². The molecule has 1 aromatic carbocycles. The van der Waals surface area contributed by atoms with Crippen LogP contribution in [0.4, 0.5) is 5.82 Å². The summed E-state index contributed by atoms with van der Waals surface area (Å²) in [4.78, 5) is 25.6. The predicted molar refractivity (Wildman–Crippen MR) is 106 cm³/mol. The minimum Gasteiger partial charge on any atom is -0.375 e. The van der Waals surface area contributed by atoms with Crippen LogP contribution in [0.25, 0.3) is 0 Å². The smallest absolute Gasteiger partial charge is 0.248 e. The molecule has 0 saturated carbocycles. The normalized spacial score (nSPS) is 14.5. The third kappa shape index (κ3) is 4.63. The number of ether oxygens (including phenoxy) is 1. The first kappa shape index (κ1) is 19.3. The molecular weight excluding hydrogens is 340 g/mol. The summed E-state index contributed by atoms with van der Waals surface area (Å²) in [5.74, 6) is 1.83. The Balaban J connectivity index is 1.82. The van der Waals surface area contributed by atoms with E-state index in [0.29, 0.717) is 13.1 Å². The zero-order valence-electron chi connectivity index (χ0n) is 16.7. The van der Waals surface area contributed by atoms with Crippen molar-refractivity contribution in [1.29, 1.82) is 0 Å². The van der Waals surface area contributed by atoms with E-state index in [2.05, 4.69) is 48.0 Å². The topological polar surface area (TPSA) is 58.6 Å². The fourth-order valence-corrected chi connectivity index (χ4v) is 3.59. The van der Waals surface area contributed by atoms with Gasteiger partial charge in [-0.15, -0.1) is 0 Å². The quantitative estimate of drug-likeness (QED) is 0.810. The van der Waals surface area contributed by atoms with E-state index in [1.165, 1.54) is 16.7 Å². The summed E-state index contributed by atoms with van der Waals surface area (Å²) in [7, 11) is 1.55. The third-order valence-corrected chi connectivity index (χ3v) is 4.97. The van der Waals surface area contributed by atoms with Gasteiger partial charge in [0.2, 0.25) is 5.91 Å². The first-order chi connectivity index (χ1) is 13.0. The number of amides is 1. The SMILES string of the molecule is COCC(=O)N1CCN(c2nc(C)nc(C)c2Cc2cccc(C)c2)CC1. The fraction of sp³-hybridized carbons (Fsp3) is 0.476. The maximum absolute atomic E-state index is 12.0. The Morgan fingerprint density at radius 3 is 2.52 bits per heavy atom. The van der Waals surface area contributed by atoms with Gasteiger partial charge in [-0.3, -0.25) is 4.79 Å². The molecule has 1 aliphatic rings. The Labute approximate surface area is 161 Å². The molecule has 0 aliphatic carbocycles. The van der Waals surface area contributed by atoms with Gasteiger partial charge in [-0.1, -0.05) is 29.8 Å². The maximum atomic E-state index is 12.0. The molecule has 27 heavy (non-hydrogen) atoms. The fourth-order valence-electron chi connectivity index (χ4n) is 3.59. The van der Waals surface area contributed by atoms with Crippen LogP contribution in [-0.2, 0) is 16.0 Å². The van der Waals surface area contributed by atoms with Crippen LogP contribution in [0, 0.1) is 20.8 Å². The molecule has 0 spiro atoms. The lowest BCUT2D eigenvalue weighted by atomic mass is 10.0. The van der Waals surface area contributed by atoms with E-state index in [-0.39, 0.29) is 12.5 Å². The number of aromatic nitrogens is 2. The number of aryl methyl sites for hydroxylation is 3. The molecule has 0 radical (unpaired) electrons. The lowest BCUT2D eigenvalue weighted by molar-refractivity contribution is -0.135. The lowest BCUT2D eigenvalue weighted by Gasteiger charge is -2.36. The second-order valence-electron chi connectivity index (χ2n) is 7.13. The predicted octanol–water partition coefficient (Wildman–Crippen LogP) is 2.29. The van der Waals surface area contributed by atoms with Crippen LogP contribution < -0.4 is 4.90 Å². The van der Waals surface area contributed by atoms with E-state index >= 15 is 0 Å². The van der Waals surface area contributed by atoms with Gasteiger partial charge in [-0.05, 0) is 26.3 Å². The summed E-state index contributed by atoms with van der Waals surface area (Å²) >= 11 is 0. The second-order valence-corrected chi connectivity index (χ2v) is 7.13. The molecule has 3 rings (SSSR count). The zero-order chi connectivity index (χ0) is 19.4. The average molecular weight is 368 g/mol. The van der Waals surface area contributed by atoms with Crippen molar-refractivity contribution < 1.29 is 9.53 Å². The van der Waals surface area contributed by atoms with Crippen LogP contribution in [0.3, 0.4) is 0 Å². The van der Waals surface area contributed by atoms with Crippen LogP contribution in [0.5, 0.6) is 0 Å². The molecule has 0 N–H and O–H groups in total. The molecule has 1 saturated heterocycles. The van der Waals surface area contributed by atoms with Crippen molar-refractivity contribution >= 4 is 11.7 Å². The van der Waals surface area contributed by atoms with Gasteiger partial charge in [0.25, 0.3) is 0 Å². The van der Waals surface area contributed by atoms with Crippen molar-refractivity contribution in [2.24, 2.45) is 0 Å². The van der Waals surface area contributed by atoms with Gasteiger partial charge in [0, 0.05) is 51.0 Å². The highest BCUT2D eigenvalue weighted by atomic mass is 16.5. The number of nitrogens with zero attached hydrogens (tertiary/aromatic N) is 4. The highest BCUT2D eigenvalue weighted by molar-refractivity contribution is 5.77. The molecule has 6 nitrogen and oxygen atoms in total. The van der Waals surface area contributed by atoms with Crippen LogP contribution in [0.1, 0.15) is 28.2 Å². The summed E-state index contributed by atoms with van der Waals surface area (Å²) in [6.07, 6.45) is 0.811. The monoisotopic (exact) mass is 368 g/mol. The van der Waals surface area contributed by atoms with Gasteiger partial charge >= 0.3 is 0 Å². The molecule has 0 atom stereocenters. The summed E-state index contributed by atoms with van der Waals surface area (Å²) < 4.78 is 4.97. The van der Waals surface area contributed by atoms with Crippen LogP contribution >= 0.6 is 0 Å². The number of hydrogen-bond acceptors (Lipinski definition) is 5. The van der Waals surface area contributed by atoms with Crippen molar-refractivity contribution in [3.05, 3.63) is 52.5 Å². The number of benzene rings is 1. The molecule has 1 fully saturated rings. The van der Waals surface area contributed by atoms with Gasteiger partial charge in [0.1, 0.15) is 18.2 Å². The summed E-state index contributed by atoms with van der Waals surface area (Å²) in [5.41, 5.74) is 4.71. The molecule has 1 amide bonds. The minimum absolute atomic E-state index is 0.0483. The third-order valence-electron chi connectivity index (χ3n) is 4.97. The molecule has 144 valence electrons. The van der Waals surface area contributed by atoms with E-state index in [1.807, 2.05) is 11.8 Å². The molecule has 2 heterocycles. The Bertz CT molecular complexity index is 814. The van der Waals surface area contributed by atoms with Gasteiger partial charge in [-0.25, -0.2) is 9.97 Å². The van der Waals surface area contributed by atoms with Gasteiger partial charge < -0.3 is 14.5 Å². The van der Waals surface area contributed by atoms with E-state index in [1.54, 1.807) is 7.11 Å².